The number of hydrogen-bond acceptors (Lipinski definition) is 6. The van der Waals surface area contributed by atoms with Crippen LogP contribution in [0.1, 0.15) is 18.5 Å². The van der Waals surface area contributed by atoms with Gasteiger partial charge in [0.1, 0.15) is 10.7 Å². The Morgan fingerprint density at radius 1 is 1.07 bits per heavy atom. The summed E-state index contributed by atoms with van der Waals surface area (Å²) < 4.78 is 71.7. The van der Waals surface area contributed by atoms with Gasteiger partial charge < -0.3 is 4.74 Å². The molecule has 2 atom stereocenters. The zero-order valence-electron chi connectivity index (χ0n) is 15.9. The summed E-state index contributed by atoms with van der Waals surface area (Å²) in [5.74, 6) is -2.69. The lowest BCUT2D eigenvalue weighted by molar-refractivity contribution is -0.145. The van der Waals surface area contributed by atoms with Crippen LogP contribution in [0, 0.1) is 11.7 Å². The van der Waals surface area contributed by atoms with Crippen molar-refractivity contribution in [1.29, 1.82) is 0 Å². The van der Waals surface area contributed by atoms with Crippen LogP contribution in [-0.2, 0) is 29.6 Å². The fraction of sp³-hybridized carbons (Fsp3) is 0.278. The van der Waals surface area contributed by atoms with Crippen LogP contribution in [-0.4, -0.2) is 36.2 Å². The second-order valence-corrected chi connectivity index (χ2v) is 9.77. The normalized spacial score (nSPS) is 14.1. The van der Waals surface area contributed by atoms with Gasteiger partial charge in [0.05, 0.1) is 31.0 Å². The molecule has 0 unspecified atom stereocenters. The van der Waals surface area contributed by atoms with E-state index in [1.807, 2.05) is 0 Å². The Morgan fingerprint density at radius 2 is 1.69 bits per heavy atom. The maximum Gasteiger partial charge on any atom is 0.310 e. The summed E-state index contributed by atoms with van der Waals surface area (Å²) in [6, 6.07) is 10.1. The average molecular weight is 445 g/mol. The van der Waals surface area contributed by atoms with E-state index in [1.165, 1.54) is 14.0 Å². The molecular weight excluding hydrogens is 423 g/mol. The Bertz CT molecular complexity index is 1090. The van der Waals surface area contributed by atoms with Gasteiger partial charge in [-0.1, -0.05) is 37.3 Å². The van der Waals surface area contributed by atoms with Gasteiger partial charge in [-0.05, 0) is 23.8 Å². The molecule has 2 N–H and O–H groups in total. The molecule has 0 aromatic heterocycles. The van der Waals surface area contributed by atoms with E-state index in [0.717, 1.165) is 24.5 Å². The topological polar surface area (TPSA) is 119 Å². The van der Waals surface area contributed by atoms with E-state index in [0.29, 0.717) is 5.56 Å². The fourth-order valence-corrected chi connectivity index (χ4v) is 4.59. The number of nitrogens with one attached hydrogen (secondary N) is 2. The largest absolute Gasteiger partial charge is 0.469 e. The molecule has 0 heterocycles. The van der Waals surface area contributed by atoms with Crippen LogP contribution in [0.25, 0.3) is 0 Å². The summed E-state index contributed by atoms with van der Waals surface area (Å²) >= 11 is 0. The molecule has 0 radical (unpaired) electrons. The molecule has 0 bridgehead atoms. The van der Waals surface area contributed by atoms with Crippen molar-refractivity contribution in [2.45, 2.75) is 17.9 Å². The number of benzene rings is 2. The van der Waals surface area contributed by atoms with Gasteiger partial charge in [0.2, 0.25) is 20.0 Å². The van der Waals surface area contributed by atoms with Crippen LogP contribution in [0.5, 0.6) is 0 Å². The lowest BCUT2D eigenvalue weighted by Crippen LogP contribution is -2.36. The van der Waals surface area contributed by atoms with Crippen molar-refractivity contribution in [1.82, 2.24) is 4.72 Å². The van der Waals surface area contributed by atoms with E-state index in [9.17, 15) is 26.0 Å². The monoisotopic (exact) mass is 444 g/mol. The minimum absolute atomic E-state index is 0.119. The molecule has 0 aliphatic carbocycles. The van der Waals surface area contributed by atoms with E-state index in [-0.39, 0.29) is 5.69 Å². The molecule has 0 saturated carbocycles. The number of esters is 1. The van der Waals surface area contributed by atoms with E-state index in [1.54, 1.807) is 30.3 Å². The number of halogens is 1. The van der Waals surface area contributed by atoms with Crippen molar-refractivity contribution in [3.05, 3.63) is 59.9 Å². The summed E-state index contributed by atoms with van der Waals surface area (Å²) in [5.41, 5.74) is 0.372. The molecule has 8 nitrogen and oxygen atoms in total. The number of hydrogen-bond donors (Lipinski definition) is 2. The highest BCUT2D eigenvalue weighted by molar-refractivity contribution is 7.92. The highest BCUT2D eigenvalue weighted by Gasteiger charge is 2.32. The summed E-state index contributed by atoms with van der Waals surface area (Å²) in [6.45, 7) is 1.49. The Morgan fingerprint density at radius 3 is 2.21 bits per heavy atom. The molecule has 29 heavy (non-hydrogen) atoms. The third kappa shape index (κ3) is 5.99. The lowest BCUT2D eigenvalue weighted by Gasteiger charge is -2.24. The molecule has 0 fully saturated rings. The van der Waals surface area contributed by atoms with Gasteiger partial charge in [0.15, 0.2) is 0 Å². The van der Waals surface area contributed by atoms with Crippen LogP contribution in [0.15, 0.2) is 53.4 Å². The molecule has 2 aromatic carbocycles. The summed E-state index contributed by atoms with van der Waals surface area (Å²) in [7, 11) is -6.87. The molecule has 158 valence electrons. The first-order valence-electron chi connectivity index (χ1n) is 8.37. The molecule has 0 saturated heterocycles. The Labute approximate surface area is 169 Å². The molecule has 11 heteroatoms. The van der Waals surface area contributed by atoms with Crippen LogP contribution in [0.4, 0.5) is 10.1 Å². The van der Waals surface area contributed by atoms with E-state index >= 15 is 0 Å². The third-order valence-electron chi connectivity index (χ3n) is 4.04. The van der Waals surface area contributed by atoms with Crippen LogP contribution in [0.2, 0.25) is 0 Å². The SMILES string of the molecule is COC(=O)[C@H](C)[C@@H](NS(=O)(=O)c1ccc(NS(C)(=O)=O)cc1F)c1ccccc1. The third-order valence-corrected chi connectivity index (χ3v) is 6.12. The van der Waals surface area contributed by atoms with Crippen molar-refractivity contribution in [3.8, 4) is 0 Å². The number of ether oxygens (including phenoxy) is 1. The molecule has 2 aromatic rings. The molecular formula is C18H21FN2O6S2. The molecule has 2 rings (SSSR count). The van der Waals surface area contributed by atoms with Gasteiger partial charge in [-0.25, -0.2) is 25.9 Å². The molecule has 0 aliphatic heterocycles. The lowest BCUT2D eigenvalue weighted by atomic mass is 9.95. The maximum atomic E-state index is 14.5. The van der Waals surface area contributed by atoms with Crippen molar-refractivity contribution in [2.75, 3.05) is 18.1 Å². The van der Waals surface area contributed by atoms with Gasteiger partial charge in [-0.15, -0.1) is 0 Å². The van der Waals surface area contributed by atoms with Gasteiger partial charge in [-0.3, -0.25) is 9.52 Å². The zero-order valence-corrected chi connectivity index (χ0v) is 17.6. The number of rotatable bonds is 8. The van der Waals surface area contributed by atoms with Crippen molar-refractivity contribution >= 4 is 31.7 Å². The van der Waals surface area contributed by atoms with Crippen molar-refractivity contribution < 1.29 is 30.8 Å². The summed E-state index contributed by atoms with van der Waals surface area (Å²) in [6.07, 6.45) is 0.885. The zero-order chi connectivity index (χ0) is 21.8. The molecule has 0 aliphatic rings. The summed E-state index contributed by atoms with van der Waals surface area (Å²) in [5, 5.41) is 0. The predicted molar refractivity (Wildman–Crippen MR) is 106 cm³/mol. The number of anilines is 1. The first-order valence-corrected chi connectivity index (χ1v) is 11.7. The van der Waals surface area contributed by atoms with Gasteiger partial charge in [0.25, 0.3) is 0 Å². The van der Waals surface area contributed by atoms with Crippen molar-refractivity contribution in [2.24, 2.45) is 5.92 Å². The van der Waals surface area contributed by atoms with Crippen LogP contribution >= 0.6 is 0 Å². The quantitative estimate of drug-likeness (QED) is 0.602. The van der Waals surface area contributed by atoms with Crippen LogP contribution < -0.4 is 9.44 Å². The van der Waals surface area contributed by atoms with E-state index in [2.05, 4.69) is 9.44 Å². The second-order valence-electron chi connectivity index (χ2n) is 6.34. The standard InChI is InChI=1S/C18H21FN2O6S2/c1-12(18(22)27-2)17(13-7-5-4-6-8-13)21-29(25,26)16-10-9-14(11-15(16)19)20-28(3,23)24/h4-12,17,20-21H,1-3H3/t12-,17-/m1/s1. The average Bonchev–Trinajstić information content (AvgIpc) is 2.64. The van der Waals surface area contributed by atoms with Gasteiger partial charge in [0, 0.05) is 0 Å². The smallest absolute Gasteiger partial charge is 0.310 e. The number of carbonyl (C=O) groups excluding carboxylic acids is 1. The molecule has 0 amide bonds. The number of sulfonamides is 2. The Kier molecular flexibility index (Phi) is 6.98. The van der Waals surface area contributed by atoms with Gasteiger partial charge in [-0.2, -0.15) is 0 Å². The number of carbonyl (C=O) groups is 1. The fourth-order valence-electron chi connectivity index (χ4n) is 2.67. The maximum absolute atomic E-state index is 14.5. The van der Waals surface area contributed by atoms with Crippen LogP contribution in [0.3, 0.4) is 0 Å². The summed E-state index contributed by atoms with van der Waals surface area (Å²) in [4.78, 5) is 11.3. The number of methoxy groups -OCH3 is 1. The highest BCUT2D eigenvalue weighted by Crippen LogP contribution is 2.27. The van der Waals surface area contributed by atoms with Crippen molar-refractivity contribution in [3.63, 3.8) is 0 Å². The predicted octanol–water partition coefficient (Wildman–Crippen LogP) is 2.03. The Hall–Kier alpha value is -2.50. The van der Waals surface area contributed by atoms with Gasteiger partial charge >= 0.3 is 5.97 Å². The minimum Gasteiger partial charge on any atom is -0.469 e. The first kappa shape index (κ1) is 22.8. The first-order chi connectivity index (χ1) is 13.4. The highest BCUT2D eigenvalue weighted by atomic mass is 32.2. The van der Waals surface area contributed by atoms with E-state index in [4.69, 9.17) is 4.74 Å². The van der Waals surface area contributed by atoms with E-state index < -0.39 is 48.7 Å². The Balaban J connectivity index is 2.41. The minimum atomic E-state index is -4.40. The second kappa shape index (κ2) is 8.89. The molecule has 0 spiro atoms.